The van der Waals surface area contributed by atoms with Crippen LogP contribution in [0.25, 0.3) is 0 Å². The molecule has 1 heterocycles. The van der Waals surface area contributed by atoms with E-state index in [-0.39, 0.29) is 18.6 Å². The van der Waals surface area contributed by atoms with Crippen LogP contribution < -0.4 is 0 Å². The first-order valence-electron chi connectivity index (χ1n) is 7.97. The van der Waals surface area contributed by atoms with Crippen LogP contribution in [0.15, 0.2) is 0 Å². The average Bonchev–Trinajstić information content (AvgIpc) is 2.27. The molecule has 1 N–H and O–H groups in total. The number of aliphatic carboxylic acids is 1. The van der Waals surface area contributed by atoms with Gasteiger partial charge in [-0.15, -0.1) is 0 Å². The van der Waals surface area contributed by atoms with Gasteiger partial charge in [-0.05, 0) is 47.6 Å². The van der Waals surface area contributed by atoms with Crippen molar-refractivity contribution < 1.29 is 19.4 Å². The summed E-state index contributed by atoms with van der Waals surface area (Å²) in [5, 5.41) is 9.26. The summed E-state index contributed by atoms with van der Waals surface area (Å²) in [7, 11) is 0. The summed E-state index contributed by atoms with van der Waals surface area (Å²) in [6, 6.07) is 0.236. The Balaban J connectivity index is 2.82. The number of nitrogens with zero attached hydrogens (tertiary/aromatic N) is 2. The molecule has 0 bridgehead atoms. The maximum absolute atomic E-state index is 12.1. The molecule has 0 unspecified atom stereocenters. The van der Waals surface area contributed by atoms with Crippen LogP contribution in [0.3, 0.4) is 0 Å². The molecule has 1 fully saturated rings. The van der Waals surface area contributed by atoms with Crippen LogP contribution in [-0.2, 0) is 9.53 Å². The molecule has 22 heavy (non-hydrogen) atoms. The number of carbonyl (C=O) groups excluding carboxylic acids is 1. The van der Waals surface area contributed by atoms with Crippen molar-refractivity contribution in [2.24, 2.45) is 0 Å². The number of rotatable bonds is 6. The van der Waals surface area contributed by atoms with Gasteiger partial charge in [0.15, 0.2) is 0 Å². The van der Waals surface area contributed by atoms with Crippen LogP contribution in [0.2, 0.25) is 0 Å². The molecule has 0 aromatic rings. The molecule has 0 saturated carbocycles. The highest BCUT2D eigenvalue weighted by Gasteiger charge is 2.52. The van der Waals surface area contributed by atoms with E-state index in [1.807, 2.05) is 20.8 Å². The van der Waals surface area contributed by atoms with Gasteiger partial charge < -0.3 is 14.7 Å². The van der Waals surface area contributed by atoms with Crippen molar-refractivity contribution in [3.63, 3.8) is 0 Å². The van der Waals surface area contributed by atoms with E-state index in [0.29, 0.717) is 13.1 Å². The van der Waals surface area contributed by atoms with Crippen LogP contribution in [0.4, 0.5) is 4.79 Å². The molecule has 0 spiro atoms. The maximum Gasteiger partial charge on any atom is 0.410 e. The highest BCUT2D eigenvalue weighted by atomic mass is 16.6. The lowest BCUT2D eigenvalue weighted by atomic mass is 9.83. The Labute approximate surface area is 133 Å². The molecule has 6 heteroatoms. The summed E-state index contributed by atoms with van der Waals surface area (Å²) in [5.41, 5.74) is -1.02. The Kier molecular flexibility index (Phi) is 5.84. The van der Waals surface area contributed by atoms with Gasteiger partial charge in [0.2, 0.25) is 0 Å². The highest BCUT2D eigenvalue weighted by Crippen LogP contribution is 2.34. The molecule has 6 nitrogen and oxygen atoms in total. The number of amides is 1. The van der Waals surface area contributed by atoms with Crippen molar-refractivity contribution in [3.05, 3.63) is 0 Å². The van der Waals surface area contributed by atoms with Crippen LogP contribution in [0.5, 0.6) is 0 Å². The summed E-state index contributed by atoms with van der Waals surface area (Å²) in [6.45, 7) is 13.3. The largest absolute Gasteiger partial charge is 0.481 e. The minimum absolute atomic E-state index is 0.0461. The van der Waals surface area contributed by atoms with Crippen LogP contribution in [-0.4, -0.2) is 63.8 Å². The normalized spacial score (nSPS) is 17.5. The van der Waals surface area contributed by atoms with E-state index >= 15 is 0 Å². The molecule has 0 aliphatic carbocycles. The maximum atomic E-state index is 12.1. The molecule has 0 atom stereocenters. The molecule has 128 valence electrons. The van der Waals surface area contributed by atoms with Gasteiger partial charge in [0, 0.05) is 19.1 Å². The molecule has 1 rings (SSSR count). The highest BCUT2D eigenvalue weighted by molar-refractivity contribution is 5.73. The number of hydrogen-bond donors (Lipinski definition) is 1. The zero-order chi connectivity index (χ0) is 17.1. The Morgan fingerprint density at radius 2 is 1.86 bits per heavy atom. The van der Waals surface area contributed by atoms with E-state index in [2.05, 4.69) is 25.7 Å². The molecule has 0 aromatic carbocycles. The standard InChI is InChI=1S/C16H30N2O4/c1-7-8-18(12(2)3)16(9-13(19)20)10-17(11-16)14(21)22-15(4,5)6/h12H,7-11H2,1-6H3,(H,19,20). The smallest absolute Gasteiger partial charge is 0.410 e. The molecule has 1 saturated heterocycles. The Bertz CT molecular complexity index is 409. The Morgan fingerprint density at radius 1 is 1.32 bits per heavy atom. The first-order chi connectivity index (χ1) is 10.0. The quantitative estimate of drug-likeness (QED) is 0.816. The van der Waals surface area contributed by atoms with Gasteiger partial charge in [-0.25, -0.2) is 4.79 Å². The summed E-state index contributed by atoms with van der Waals surface area (Å²) in [5.74, 6) is -0.828. The van der Waals surface area contributed by atoms with Gasteiger partial charge in [-0.1, -0.05) is 6.92 Å². The summed E-state index contributed by atoms with van der Waals surface area (Å²) in [6.07, 6.45) is 0.630. The van der Waals surface area contributed by atoms with Gasteiger partial charge >= 0.3 is 12.1 Å². The van der Waals surface area contributed by atoms with Crippen LogP contribution in [0, 0.1) is 0 Å². The van der Waals surface area contributed by atoms with E-state index < -0.39 is 17.1 Å². The molecule has 0 radical (unpaired) electrons. The number of hydrogen-bond acceptors (Lipinski definition) is 4. The van der Waals surface area contributed by atoms with E-state index in [4.69, 9.17) is 4.74 Å². The summed E-state index contributed by atoms with van der Waals surface area (Å²) < 4.78 is 5.36. The van der Waals surface area contributed by atoms with Gasteiger partial charge in [-0.2, -0.15) is 0 Å². The third-order valence-electron chi connectivity index (χ3n) is 3.80. The number of ether oxygens (including phenoxy) is 1. The summed E-state index contributed by atoms with van der Waals surface area (Å²) >= 11 is 0. The Morgan fingerprint density at radius 3 is 2.23 bits per heavy atom. The van der Waals surface area contributed by atoms with Crippen LogP contribution >= 0.6 is 0 Å². The third kappa shape index (κ3) is 4.60. The monoisotopic (exact) mass is 314 g/mol. The molecular weight excluding hydrogens is 284 g/mol. The average molecular weight is 314 g/mol. The predicted molar refractivity (Wildman–Crippen MR) is 84.9 cm³/mol. The topological polar surface area (TPSA) is 70.1 Å². The van der Waals surface area contributed by atoms with Gasteiger partial charge in [-0.3, -0.25) is 9.69 Å². The fourth-order valence-electron chi connectivity index (χ4n) is 3.08. The zero-order valence-corrected chi connectivity index (χ0v) is 14.7. The number of likely N-dealkylation sites (tertiary alicyclic amines) is 1. The van der Waals surface area contributed by atoms with Crippen molar-refractivity contribution in [2.45, 2.75) is 71.6 Å². The molecule has 1 aliphatic heterocycles. The lowest BCUT2D eigenvalue weighted by Crippen LogP contribution is -2.73. The first kappa shape index (κ1) is 18.7. The third-order valence-corrected chi connectivity index (χ3v) is 3.80. The minimum Gasteiger partial charge on any atom is -0.481 e. The number of carbonyl (C=O) groups is 2. The van der Waals surface area contributed by atoms with Gasteiger partial charge in [0.05, 0.1) is 12.0 Å². The molecular formula is C16H30N2O4. The molecule has 1 amide bonds. The minimum atomic E-state index is -0.828. The molecule has 1 aliphatic rings. The first-order valence-corrected chi connectivity index (χ1v) is 7.97. The zero-order valence-electron chi connectivity index (χ0n) is 14.7. The van der Waals surface area contributed by atoms with Gasteiger partial charge in [0.25, 0.3) is 0 Å². The second-order valence-corrected chi connectivity index (χ2v) is 7.42. The van der Waals surface area contributed by atoms with E-state index in [9.17, 15) is 14.7 Å². The van der Waals surface area contributed by atoms with Crippen molar-refractivity contribution in [3.8, 4) is 0 Å². The fraction of sp³-hybridized carbons (Fsp3) is 0.875. The second kappa shape index (κ2) is 6.86. The van der Waals surface area contributed by atoms with Crippen molar-refractivity contribution in [1.29, 1.82) is 0 Å². The van der Waals surface area contributed by atoms with Gasteiger partial charge in [0.1, 0.15) is 5.60 Å². The van der Waals surface area contributed by atoms with E-state index in [1.165, 1.54) is 0 Å². The lowest BCUT2D eigenvalue weighted by molar-refractivity contribution is -0.147. The SMILES string of the molecule is CCCN(C(C)C)C1(CC(=O)O)CN(C(=O)OC(C)(C)C)C1. The predicted octanol–water partition coefficient (Wildman–Crippen LogP) is 2.57. The van der Waals surface area contributed by atoms with Crippen molar-refractivity contribution in [1.82, 2.24) is 9.80 Å². The number of carboxylic acids is 1. The number of carboxylic acid groups (broad SMARTS) is 1. The Hall–Kier alpha value is -1.30. The van der Waals surface area contributed by atoms with Crippen LogP contribution in [0.1, 0.15) is 54.4 Å². The second-order valence-electron chi connectivity index (χ2n) is 7.42. The van der Waals surface area contributed by atoms with Crippen molar-refractivity contribution >= 4 is 12.1 Å². The summed E-state index contributed by atoms with van der Waals surface area (Å²) in [4.78, 5) is 27.2. The lowest BCUT2D eigenvalue weighted by Gasteiger charge is -2.56. The fourth-order valence-corrected chi connectivity index (χ4v) is 3.08. The molecule has 0 aromatic heterocycles. The van der Waals surface area contributed by atoms with E-state index in [1.54, 1.807) is 4.90 Å². The van der Waals surface area contributed by atoms with E-state index in [0.717, 1.165) is 13.0 Å². The van der Waals surface area contributed by atoms with Crippen molar-refractivity contribution in [2.75, 3.05) is 19.6 Å².